The van der Waals surface area contributed by atoms with E-state index < -0.39 is 0 Å². The Bertz CT molecular complexity index is 1330. The summed E-state index contributed by atoms with van der Waals surface area (Å²) in [6, 6.07) is 13.1. The lowest BCUT2D eigenvalue weighted by Crippen LogP contribution is -2.45. The van der Waals surface area contributed by atoms with Gasteiger partial charge in [0.15, 0.2) is 0 Å². The first-order chi connectivity index (χ1) is 15.5. The van der Waals surface area contributed by atoms with Gasteiger partial charge >= 0.3 is 0 Å². The lowest BCUT2D eigenvalue weighted by Gasteiger charge is -2.36. The van der Waals surface area contributed by atoms with Gasteiger partial charge in [-0.2, -0.15) is 0 Å². The first-order valence-corrected chi connectivity index (χ1v) is 10.8. The number of H-pyrrole nitrogens is 1. The Morgan fingerprint density at radius 2 is 1.88 bits per heavy atom. The summed E-state index contributed by atoms with van der Waals surface area (Å²) in [6.07, 6.45) is 1.60. The number of halogens is 2. The first-order valence-electron chi connectivity index (χ1n) is 10.1. The van der Waals surface area contributed by atoms with Gasteiger partial charge in [0.1, 0.15) is 5.65 Å². The zero-order valence-corrected chi connectivity index (χ0v) is 19.0. The molecular formula is C23H20Cl2N6O. The topological polar surface area (TPSA) is 77.2 Å². The van der Waals surface area contributed by atoms with Crippen LogP contribution in [0.5, 0.6) is 0 Å². The van der Waals surface area contributed by atoms with Crippen molar-refractivity contribution in [2.45, 2.75) is 6.54 Å². The van der Waals surface area contributed by atoms with Crippen molar-refractivity contribution in [3.05, 3.63) is 70.0 Å². The number of hydrogen-bond donors (Lipinski definition) is 2. The van der Waals surface area contributed by atoms with Crippen LogP contribution in [-0.2, 0) is 6.54 Å². The fraction of sp³-hybridized carbons (Fsp3) is 0.174. The number of fused-ring (bicyclic) bond motifs is 3. The third-order valence-electron chi connectivity index (χ3n) is 5.49. The van der Waals surface area contributed by atoms with Gasteiger partial charge in [-0.1, -0.05) is 35.3 Å². The molecule has 0 bridgehead atoms. The van der Waals surface area contributed by atoms with Crippen molar-refractivity contribution in [2.24, 2.45) is 0 Å². The van der Waals surface area contributed by atoms with Crippen LogP contribution in [-0.4, -0.2) is 41.6 Å². The van der Waals surface area contributed by atoms with E-state index in [-0.39, 0.29) is 5.91 Å². The van der Waals surface area contributed by atoms with Gasteiger partial charge in [-0.15, -0.1) is 0 Å². The van der Waals surface area contributed by atoms with Gasteiger partial charge in [0.25, 0.3) is 5.91 Å². The third-order valence-corrected chi connectivity index (χ3v) is 6.10. The van der Waals surface area contributed by atoms with Crippen LogP contribution in [0.15, 0.2) is 48.7 Å². The maximum absolute atomic E-state index is 13.4. The van der Waals surface area contributed by atoms with E-state index in [0.29, 0.717) is 40.2 Å². The molecular weight excluding hydrogens is 447 g/mol. The largest absolute Gasteiger partial charge is 0.355 e. The van der Waals surface area contributed by atoms with Crippen LogP contribution in [0.3, 0.4) is 0 Å². The number of nitrogens with one attached hydrogen (secondary N) is 2. The lowest BCUT2D eigenvalue weighted by atomic mass is 10.1. The van der Waals surface area contributed by atoms with Crippen molar-refractivity contribution in [3.8, 4) is 11.4 Å². The molecule has 3 aromatic heterocycles. The van der Waals surface area contributed by atoms with E-state index >= 15 is 0 Å². The van der Waals surface area contributed by atoms with Crippen LogP contribution in [0.2, 0.25) is 10.0 Å². The SMILES string of the molecule is CNCc1cccc(-c2cc3c4c(cnc3[nH]2)C(=O)N(c2c(Cl)cccc2Cl)CN4C)n1. The van der Waals surface area contributed by atoms with Crippen molar-refractivity contribution in [3.63, 3.8) is 0 Å². The van der Waals surface area contributed by atoms with Crippen molar-refractivity contribution in [1.82, 2.24) is 20.3 Å². The first kappa shape index (κ1) is 20.8. The van der Waals surface area contributed by atoms with Crippen LogP contribution < -0.4 is 15.1 Å². The maximum Gasteiger partial charge on any atom is 0.263 e. The smallest absolute Gasteiger partial charge is 0.263 e. The molecule has 2 N–H and O–H groups in total. The summed E-state index contributed by atoms with van der Waals surface area (Å²) in [4.78, 5) is 29.6. The summed E-state index contributed by atoms with van der Waals surface area (Å²) in [5.41, 5.74) is 5.11. The van der Waals surface area contributed by atoms with Gasteiger partial charge in [-0.05, 0) is 37.4 Å². The number of aromatic amines is 1. The number of carbonyl (C=O) groups is 1. The van der Waals surface area contributed by atoms with E-state index in [2.05, 4.69) is 15.3 Å². The second kappa shape index (κ2) is 8.09. The number of amides is 1. The summed E-state index contributed by atoms with van der Waals surface area (Å²) in [5, 5.41) is 4.82. The van der Waals surface area contributed by atoms with Gasteiger partial charge in [-0.25, -0.2) is 9.97 Å². The van der Waals surface area contributed by atoms with Crippen LogP contribution in [0, 0.1) is 0 Å². The molecule has 0 atom stereocenters. The highest BCUT2D eigenvalue weighted by Crippen LogP contribution is 2.40. The molecule has 0 radical (unpaired) electrons. The molecule has 0 saturated carbocycles. The molecule has 162 valence electrons. The van der Waals surface area contributed by atoms with E-state index in [1.165, 1.54) is 0 Å². The minimum absolute atomic E-state index is 0.195. The van der Waals surface area contributed by atoms with E-state index in [4.69, 9.17) is 28.2 Å². The highest BCUT2D eigenvalue weighted by atomic mass is 35.5. The van der Waals surface area contributed by atoms with E-state index in [9.17, 15) is 4.79 Å². The van der Waals surface area contributed by atoms with Crippen molar-refractivity contribution in [1.29, 1.82) is 0 Å². The van der Waals surface area contributed by atoms with Crippen LogP contribution in [0.4, 0.5) is 11.4 Å². The quantitative estimate of drug-likeness (QED) is 0.455. The molecule has 0 saturated heterocycles. The van der Waals surface area contributed by atoms with Gasteiger partial charge in [0, 0.05) is 25.2 Å². The van der Waals surface area contributed by atoms with Gasteiger partial charge in [0.05, 0.1) is 50.7 Å². The number of rotatable bonds is 4. The lowest BCUT2D eigenvalue weighted by molar-refractivity contribution is 0.0982. The van der Waals surface area contributed by atoms with Gasteiger partial charge < -0.3 is 15.2 Å². The summed E-state index contributed by atoms with van der Waals surface area (Å²) in [5.74, 6) is -0.195. The Morgan fingerprint density at radius 3 is 2.62 bits per heavy atom. The molecule has 32 heavy (non-hydrogen) atoms. The third kappa shape index (κ3) is 3.39. The van der Waals surface area contributed by atoms with Crippen LogP contribution in [0.1, 0.15) is 16.1 Å². The predicted molar refractivity (Wildman–Crippen MR) is 129 cm³/mol. The molecule has 5 rings (SSSR count). The Balaban J connectivity index is 1.60. The number of carbonyl (C=O) groups excluding carboxylic acids is 1. The molecule has 0 spiro atoms. The summed E-state index contributed by atoms with van der Waals surface area (Å²) in [6.45, 7) is 0.990. The molecule has 1 aliphatic rings. The normalized spacial score (nSPS) is 13.7. The standard InChI is InChI=1S/C23H20Cl2N6O/c1-26-10-13-5-3-8-18(28-13)19-9-14-20-15(11-27-22(14)29-19)23(32)31(12-30(20)2)21-16(24)6-4-7-17(21)25/h3-9,11,26H,10,12H2,1-2H3,(H,27,29). The molecule has 9 heteroatoms. The molecule has 4 aromatic rings. The number of nitrogens with zero attached hydrogens (tertiary/aromatic N) is 4. The zero-order chi connectivity index (χ0) is 22.4. The minimum Gasteiger partial charge on any atom is -0.355 e. The Kier molecular flexibility index (Phi) is 5.25. The highest BCUT2D eigenvalue weighted by Gasteiger charge is 2.33. The molecule has 0 unspecified atom stereocenters. The molecule has 0 aliphatic carbocycles. The Labute approximate surface area is 195 Å². The number of aromatic nitrogens is 3. The minimum atomic E-state index is -0.195. The number of anilines is 2. The maximum atomic E-state index is 13.4. The average Bonchev–Trinajstić information content (AvgIpc) is 3.21. The summed E-state index contributed by atoms with van der Waals surface area (Å²) < 4.78 is 0. The second-order valence-electron chi connectivity index (χ2n) is 7.65. The van der Waals surface area contributed by atoms with Crippen molar-refractivity contribution < 1.29 is 4.79 Å². The monoisotopic (exact) mass is 466 g/mol. The van der Waals surface area contributed by atoms with E-state index in [0.717, 1.165) is 28.2 Å². The summed E-state index contributed by atoms with van der Waals surface area (Å²) in [7, 11) is 3.82. The fourth-order valence-electron chi connectivity index (χ4n) is 4.09. The van der Waals surface area contributed by atoms with Gasteiger partial charge in [0.2, 0.25) is 0 Å². The summed E-state index contributed by atoms with van der Waals surface area (Å²) >= 11 is 12.8. The second-order valence-corrected chi connectivity index (χ2v) is 8.47. The Hall–Kier alpha value is -3.13. The fourth-order valence-corrected chi connectivity index (χ4v) is 4.69. The molecule has 4 heterocycles. The van der Waals surface area contributed by atoms with Gasteiger partial charge in [-0.3, -0.25) is 9.69 Å². The molecule has 0 fully saturated rings. The molecule has 7 nitrogen and oxygen atoms in total. The van der Waals surface area contributed by atoms with Crippen molar-refractivity contribution in [2.75, 3.05) is 30.6 Å². The van der Waals surface area contributed by atoms with Crippen LogP contribution >= 0.6 is 23.2 Å². The molecule has 1 aromatic carbocycles. The van der Waals surface area contributed by atoms with Crippen molar-refractivity contribution >= 4 is 51.5 Å². The molecule has 1 aliphatic heterocycles. The Morgan fingerprint density at radius 1 is 1.12 bits per heavy atom. The number of pyridine rings is 2. The molecule has 1 amide bonds. The number of benzene rings is 1. The van der Waals surface area contributed by atoms with E-state index in [1.807, 2.05) is 43.3 Å². The number of para-hydroxylation sites is 1. The number of hydrogen-bond acceptors (Lipinski definition) is 5. The zero-order valence-electron chi connectivity index (χ0n) is 17.5. The van der Waals surface area contributed by atoms with Crippen LogP contribution in [0.25, 0.3) is 22.4 Å². The predicted octanol–water partition coefficient (Wildman–Crippen LogP) is 4.71. The average molecular weight is 467 g/mol. The highest BCUT2D eigenvalue weighted by molar-refractivity contribution is 6.40. The van der Waals surface area contributed by atoms with E-state index in [1.54, 1.807) is 29.3 Å².